The molecule has 0 fully saturated rings. The summed E-state index contributed by atoms with van der Waals surface area (Å²) in [5.74, 6) is 0.400. The van der Waals surface area contributed by atoms with E-state index in [4.69, 9.17) is 13.9 Å². The van der Waals surface area contributed by atoms with Crippen LogP contribution in [0.5, 0.6) is 11.5 Å². The van der Waals surface area contributed by atoms with Crippen LogP contribution >= 0.6 is 15.9 Å². The summed E-state index contributed by atoms with van der Waals surface area (Å²) in [6.07, 6.45) is 1.66. The number of ether oxygens (including phenoxy) is 2. The van der Waals surface area contributed by atoms with E-state index in [1.165, 1.54) is 6.26 Å². The molecule has 0 spiro atoms. The summed E-state index contributed by atoms with van der Waals surface area (Å²) in [7, 11) is 0. The second kappa shape index (κ2) is 7.61. The number of hydrogen-bond donors (Lipinski definition) is 1. The van der Waals surface area contributed by atoms with Crippen LogP contribution in [0.2, 0.25) is 0 Å². The van der Waals surface area contributed by atoms with Crippen LogP contribution in [0.3, 0.4) is 0 Å². The summed E-state index contributed by atoms with van der Waals surface area (Å²) in [6, 6.07) is 10.7. The van der Waals surface area contributed by atoms with Crippen molar-refractivity contribution in [2.75, 3.05) is 6.61 Å². The van der Waals surface area contributed by atoms with Crippen molar-refractivity contribution in [3.63, 3.8) is 0 Å². The van der Waals surface area contributed by atoms with Gasteiger partial charge in [0.1, 0.15) is 18.1 Å². The van der Waals surface area contributed by atoms with E-state index in [9.17, 15) is 9.90 Å². The highest BCUT2D eigenvalue weighted by Crippen LogP contribution is 2.36. The maximum Gasteiger partial charge on any atom is 0.310 e. The summed E-state index contributed by atoms with van der Waals surface area (Å²) in [5, 5.41) is 11.0. The third-order valence-corrected chi connectivity index (χ3v) is 4.33. The molecule has 0 aliphatic rings. The molecule has 0 aliphatic carbocycles. The number of hydrogen-bond acceptors (Lipinski definition) is 5. The molecule has 0 unspecified atom stereocenters. The molecular weight excluding hydrogens is 388 g/mol. The smallest absolute Gasteiger partial charge is 0.310 e. The molecule has 0 bridgehead atoms. The monoisotopic (exact) mass is 404 g/mol. The topological polar surface area (TPSA) is 68.9 Å². The van der Waals surface area contributed by atoms with Crippen molar-refractivity contribution >= 4 is 32.9 Å². The van der Waals surface area contributed by atoms with Crippen LogP contribution in [-0.2, 0) is 22.6 Å². The molecular formula is C19H17BrO5. The van der Waals surface area contributed by atoms with Gasteiger partial charge < -0.3 is 19.0 Å². The Balaban J connectivity index is 1.80. The van der Waals surface area contributed by atoms with Gasteiger partial charge in [-0.25, -0.2) is 0 Å². The highest BCUT2D eigenvalue weighted by Gasteiger charge is 2.14. The number of carbonyl (C=O) groups is 1. The zero-order valence-corrected chi connectivity index (χ0v) is 15.2. The average molecular weight is 405 g/mol. The standard InChI is InChI=1S/C19H17BrO5/c1-2-23-17(21)10-12-5-3-4-6-16(12)25-11-13-9-15(20)19-14(18(13)22)7-8-24-19/h3-9,22H,2,10-11H2,1H3. The maximum absolute atomic E-state index is 11.7. The van der Waals surface area contributed by atoms with Crippen molar-refractivity contribution in [1.29, 1.82) is 0 Å². The van der Waals surface area contributed by atoms with Crippen LogP contribution in [0.4, 0.5) is 0 Å². The van der Waals surface area contributed by atoms with Crippen molar-refractivity contribution in [2.45, 2.75) is 20.0 Å². The van der Waals surface area contributed by atoms with E-state index in [1.54, 1.807) is 25.1 Å². The van der Waals surface area contributed by atoms with Crippen molar-refractivity contribution < 1.29 is 23.8 Å². The minimum Gasteiger partial charge on any atom is -0.507 e. The summed E-state index contributed by atoms with van der Waals surface area (Å²) >= 11 is 3.43. The first-order valence-corrected chi connectivity index (χ1v) is 8.63. The molecule has 3 rings (SSSR count). The van der Waals surface area contributed by atoms with E-state index in [-0.39, 0.29) is 24.7 Å². The average Bonchev–Trinajstić information content (AvgIpc) is 3.09. The van der Waals surface area contributed by atoms with Crippen molar-refractivity contribution in [2.24, 2.45) is 0 Å². The maximum atomic E-state index is 11.7. The van der Waals surface area contributed by atoms with E-state index in [0.29, 0.717) is 28.9 Å². The number of phenolic OH excluding ortho intramolecular Hbond substituents is 1. The lowest BCUT2D eigenvalue weighted by Crippen LogP contribution is -2.09. The molecule has 0 aliphatic heterocycles. The molecule has 0 radical (unpaired) electrons. The minimum atomic E-state index is -0.302. The third kappa shape index (κ3) is 3.79. The van der Waals surface area contributed by atoms with Crippen LogP contribution < -0.4 is 4.74 Å². The largest absolute Gasteiger partial charge is 0.507 e. The molecule has 1 N–H and O–H groups in total. The summed E-state index contributed by atoms with van der Waals surface area (Å²) in [6.45, 7) is 2.27. The molecule has 130 valence electrons. The first-order valence-electron chi connectivity index (χ1n) is 7.84. The fourth-order valence-corrected chi connectivity index (χ4v) is 3.15. The molecule has 0 amide bonds. The predicted octanol–water partition coefficient (Wildman–Crippen LogP) is 4.59. The highest BCUT2D eigenvalue weighted by atomic mass is 79.9. The number of para-hydroxylation sites is 1. The van der Waals surface area contributed by atoms with Gasteiger partial charge in [0, 0.05) is 11.1 Å². The number of halogens is 1. The molecule has 5 nitrogen and oxygen atoms in total. The van der Waals surface area contributed by atoms with Gasteiger partial charge in [-0.1, -0.05) is 18.2 Å². The Hall–Kier alpha value is -2.47. The summed E-state index contributed by atoms with van der Waals surface area (Å²) in [4.78, 5) is 11.7. The Kier molecular flexibility index (Phi) is 5.28. The Morgan fingerprint density at radius 3 is 2.84 bits per heavy atom. The van der Waals surface area contributed by atoms with Crippen LogP contribution in [0.15, 0.2) is 51.6 Å². The number of aromatic hydroxyl groups is 1. The zero-order chi connectivity index (χ0) is 17.8. The van der Waals surface area contributed by atoms with Crippen LogP contribution in [-0.4, -0.2) is 17.7 Å². The molecule has 0 atom stereocenters. The molecule has 0 saturated carbocycles. The first-order chi connectivity index (χ1) is 12.1. The van der Waals surface area contributed by atoms with E-state index in [2.05, 4.69) is 15.9 Å². The number of furan rings is 1. The number of benzene rings is 2. The van der Waals surface area contributed by atoms with Gasteiger partial charge in [0.05, 0.1) is 29.1 Å². The predicted molar refractivity (Wildman–Crippen MR) is 96.7 cm³/mol. The van der Waals surface area contributed by atoms with Crippen LogP contribution in [0.25, 0.3) is 11.0 Å². The van der Waals surface area contributed by atoms with Crippen LogP contribution in [0.1, 0.15) is 18.1 Å². The molecule has 1 heterocycles. The Bertz CT molecular complexity index is 900. The molecule has 0 saturated heterocycles. The summed E-state index contributed by atoms with van der Waals surface area (Å²) < 4.78 is 16.9. The van der Waals surface area contributed by atoms with Gasteiger partial charge in [0.25, 0.3) is 0 Å². The quantitative estimate of drug-likeness (QED) is 0.608. The Morgan fingerprint density at radius 1 is 1.24 bits per heavy atom. The van der Waals surface area contributed by atoms with E-state index < -0.39 is 0 Å². The number of esters is 1. The Labute approximate surface area is 153 Å². The molecule has 2 aromatic carbocycles. The van der Waals surface area contributed by atoms with E-state index in [1.807, 2.05) is 18.2 Å². The first kappa shape index (κ1) is 17.4. The van der Waals surface area contributed by atoms with Gasteiger partial charge in [-0.3, -0.25) is 4.79 Å². The van der Waals surface area contributed by atoms with Crippen LogP contribution in [0, 0.1) is 0 Å². The molecule has 25 heavy (non-hydrogen) atoms. The lowest BCUT2D eigenvalue weighted by molar-refractivity contribution is -0.142. The lowest BCUT2D eigenvalue weighted by Gasteiger charge is -2.12. The van der Waals surface area contributed by atoms with Gasteiger partial charge in [-0.2, -0.15) is 0 Å². The number of rotatable bonds is 6. The molecule has 6 heteroatoms. The SMILES string of the molecule is CCOC(=O)Cc1ccccc1OCc1cc(Br)c2occc2c1O. The van der Waals surface area contributed by atoms with Gasteiger partial charge in [-0.05, 0) is 41.1 Å². The van der Waals surface area contributed by atoms with E-state index >= 15 is 0 Å². The number of fused-ring (bicyclic) bond motifs is 1. The molecule has 3 aromatic rings. The fraction of sp³-hybridized carbons (Fsp3) is 0.211. The fourth-order valence-electron chi connectivity index (χ4n) is 2.56. The summed E-state index contributed by atoms with van der Waals surface area (Å²) in [5.41, 5.74) is 1.94. The Morgan fingerprint density at radius 2 is 2.04 bits per heavy atom. The number of phenols is 1. The highest BCUT2D eigenvalue weighted by molar-refractivity contribution is 9.10. The van der Waals surface area contributed by atoms with Crippen molar-refractivity contribution in [1.82, 2.24) is 0 Å². The number of carbonyl (C=O) groups excluding carboxylic acids is 1. The van der Waals surface area contributed by atoms with Gasteiger partial charge in [0.15, 0.2) is 5.58 Å². The van der Waals surface area contributed by atoms with Gasteiger partial charge >= 0.3 is 5.97 Å². The van der Waals surface area contributed by atoms with Crippen molar-refractivity contribution in [3.05, 3.63) is 58.3 Å². The third-order valence-electron chi connectivity index (χ3n) is 3.74. The van der Waals surface area contributed by atoms with Gasteiger partial charge in [0.2, 0.25) is 0 Å². The van der Waals surface area contributed by atoms with Gasteiger partial charge in [-0.15, -0.1) is 0 Å². The zero-order valence-electron chi connectivity index (χ0n) is 13.6. The normalized spacial score (nSPS) is 10.8. The second-order valence-corrected chi connectivity index (χ2v) is 6.26. The minimum absolute atomic E-state index is 0.120. The van der Waals surface area contributed by atoms with Crippen molar-refractivity contribution in [3.8, 4) is 11.5 Å². The van der Waals surface area contributed by atoms with E-state index in [0.717, 1.165) is 10.0 Å². The molecule has 1 aromatic heterocycles. The lowest BCUT2D eigenvalue weighted by atomic mass is 10.1. The second-order valence-electron chi connectivity index (χ2n) is 5.41.